The van der Waals surface area contributed by atoms with Gasteiger partial charge in [-0.15, -0.1) is 0 Å². The standard InChI is InChI=1S/C16H24N2O2/c19-15(13-7-8-13)17-10-12-4-3-9-18(11-12)16(20)14-5-1-2-6-14/h1-2,12-14H,3-11H2,(H,17,19). The molecule has 4 nitrogen and oxygen atoms in total. The van der Waals surface area contributed by atoms with E-state index in [4.69, 9.17) is 0 Å². The van der Waals surface area contributed by atoms with Gasteiger partial charge in [-0.05, 0) is 44.4 Å². The van der Waals surface area contributed by atoms with Crippen LogP contribution in [0.5, 0.6) is 0 Å². The average molecular weight is 276 g/mol. The first-order valence-corrected chi connectivity index (χ1v) is 7.95. The molecule has 0 bridgehead atoms. The predicted molar refractivity (Wildman–Crippen MR) is 76.9 cm³/mol. The SMILES string of the molecule is O=C(NCC1CCCN(C(=O)C2CC=CC2)C1)C1CC1. The number of nitrogens with zero attached hydrogens (tertiary/aromatic N) is 1. The molecule has 110 valence electrons. The van der Waals surface area contributed by atoms with E-state index < -0.39 is 0 Å². The van der Waals surface area contributed by atoms with Gasteiger partial charge in [0.2, 0.25) is 11.8 Å². The van der Waals surface area contributed by atoms with Gasteiger partial charge in [0.05, 0.1) is 0 Å². The average Bonchev–Trinajstić information content (AvgIpc) is 3.19. The van der Waals surface area contributed by atoms with E-state index in [1.165, 1.54) is 0 Å². The summed E-state index contributed by atoms with van der Waals surface area (Å²) >= 11 is 0. The maximum Gasteiger partial charge on any atom is 0.226 e. The lowest BCUT2D eigenvalue weighted by atomic mass is 9.95. The van der Waals surface area contributed by atoms with Crippen molar-refractivity contribution < 1.29 is 9.59 Å². The van der Waals surface area contributed by atoms with E-state index in [2.05, 4.69) is 17.5 Å². The van der Waals surface area contributed by atoms with Crippen molar-refractivity contribution in [2.75, 3.05) is 19.6 Å². The van der Waals surface area contributed by atoms with Crippen LogP contribution in [0.1, 0.15) is 38.5 Å². The summed E-state index contributed by atoms with van der Waals surface area (Å²) in [5, 5.41) is 3.05. The van der Waals surface area contributed by atoms with Gasteiger partial charge in [0, 0.05) is 31.5 Å². The Balaban J connectivity index is 1.45. The fraction of sp³-hybridized carbons (Fsp3) is 0.750. The molecule has 1 atom stereocenters. The van der Waals surface area contributed by atoms with Crippen LogP contribution in [0.3, 0.4) is 0 Å². The van der Waals surface area contributed by atoms with E-state index >= 15 is 0 Å². The first-order valence-electron chi connectivity index (χ1n) is 7.95. The Morgan fingerprint density at radius 2 is 1.85 bits per heavy atom. The molecule has 2 aliphatic carbocycles. The molecule has 1 N–H and O–H groups in total. The molecule has 0 spiro atoms. The van der Waals surface area contributed by atoms with Crippen LogP contribution < -0.4 is 5.32 Å². The Morgan fingerprint density at radius 3 is 2.55 bits per heavy atom. The largest absolute Gasteiger partial charge is 0.356 e. The highest BCUT2D eigenvalue weighted by Gasteiger charge is 2.32. The normalized spacial score (nSPS) is 26.8. The van der Waals surface area contributed by atoms with E-state index in [1.54, 1.807) is 0 Å². The lowest BCUT2D eigenvalue weighted by Gasteiger charge is -2.34. The molecule has 2 amide bonds. The van der Waals surface area contributed by atoms with E-state index in [-0.39, 0.29) is 17.7 Å². The molecule has 0 aromatic rings. The zero-order valence-electron chi connectivity index (χ0n) is 12.0. The molecule has 0 aromatic heterocycles. The molecule has 4 heteroatoms. The van der Waals surface area contributed by atoms with Gasteiger partial charge in [-0.2, -0.15) is 0 Å². The molecular weight excluding hydrogens is 252 g/mol. The molecule has 3 aliphatic rings. The monoisotopic (exact) mass is 276 g/mol. The molecule has 1 saturated heterocycles. The molecule has 1 saturated carbocycles. The molecular formula is C16H24N2O2. The minimum atomic E-state index is 0.176. The van der Waals surface area contributed by atoms with Gasteiger partial charge in [0.25, 0.3) is 0 Å². The molecule has 1 aliphatic heterocycles. The van der Waals surface area contributed by atoms with Crippen molar-refractivity contribution >= 4 is 11.8 Å². The second kappa shape index (κ2) is 5.98. The quantitative estimate of drug-likeness (QED) is 0.795. The summed E-state index contributed by atoms with van der Waals surface area (Å²) in [6, 6.07) is 0. The van der Waals surface area contributed by atoms with Crippen LogP contribution in [0.2, 0.25) is 0 Å². The van der Waals surface area contributed by atoms with E-state index in [0.717, 1.165) is 58.2 Å². The fourth-order valence-corrected chi connectivity index (χ4v) is 3.24. The summed E-state index contributed by atoms with van der Waals surface area (Å²) in [6.07, 6.45) is 10.3. The minimum absolute atomic E-state index is 0.176. The predicted octanol–water partition coefficient (Wildman–Crippen LogP) is 1.72. The van der Waals surface area contributed by atoms with E-state index in [9.17, 15) is 9.59 Å². The molecule has 3 rings (SSSR count). The highest BCUT2D eigenvalue weighted by atomic mass is 16.2. The van der Waals surface area contributed by atoms with Gasteiger partial charge in [-0.1, -0.05) is 12.2 Å². The van der Waals surface area contributed by atoms with Gasteiger partial charge < -0.3 is 10.2 Å². The fourth-order valence-electron chi connectivity index (χ4n) is 3.24. The summed E-state index contributed by atoms with van der Waals surface area (Å²) in [5.74, 6) is 1.42. The Morgan fingerprint density at radius 1 is 1.10 bits per heavy atom. The third-order valence-corrected chi connectivity index (χ3v) is 4.70. The van der Waals surface area contributed by atoms with Crippen LogP contribution in [-0.4, -0.2) is 36.3 Å². The number of rotatable bonds is 4. The van der Waals surface area contributed by atoms with Crippen molar-refractivity contribution in [3.63, 3.8) is 0 Å². The summed E-state index contributed by atoms with van der Waals surface area (Å²) in [5.41, 5.74) is 0. The number of hydrogen-bond acceptors (Lipinski definition) is 2. The van der Waals surface area contributed by atoms with E-state index in [0.29, 0.717) is 11.8 Å². The Bertz CT molecular complexity index is 407. The minimum Gasteiger partial charge on any atom is -0.356 e. The Hall–Kier alpha value is -1.32. The summed E-state index contributed by atoms with van der Waals surface area (Å²) in [4.78, 5) is 26.1. The molecule has 2 fully saturated rings. The van der Waals surface area contributed by atoms with Crippen molar-refractivity contribution in [3.8, 4) is 0 Å². The highest BCUT2D eigenvalue weighted by molar-refractivity contribution is 5.81. The van der Waals surface area contributed by atoms with Crippen LogP contribution in [-0.2, 0) is 9.59 Å². The number of allylic oxidation sites excluding steroid dienone is 2. The van der Waals surface area contributed by atoms with Gasteiger partial charge in [-0.3, -0.25) is 9.59 Å². The smallest absolute Gasteiger partial charge is 0.226 e. The number of carbonyl (C=O) groups excluding carboxylic acids is 2. The summed E-state index contributed by atoms with van der Waals surface area (Å²) in [7, 11) is 0. The number of likely N-dealkylation sites (tertiary alicyclic amines) is 1. The first kappa shape index (κ1) is 13.7. The second-order valence-corrected chi connectivity index (χ2v) is 6.45. The second-order valence-electron chi connectivity index (χ2n) is 6.45. The summed E-state index contributed by atoms with van der Waals surface area (Å²) < 4.78 is 0. The third-order valence-electron chi connectivity index (χ3n) is 4.70. The molecule has 0 radical (unpaired) electrons. The van der Waals surface area contributed by atoms with Crippen LogP contribution in [0.4, 0.5) is 0 Å². The molecule has 1 unspecified atom stereocenters. The summed E-state index contributed by atoms with van der Waals surface area (Å²) in [6.45, 7) is 2.45. The maximum atomic E-state index is 12.4. The van der Waals surface area contributed by atoms with Gasteiger partial charge in [0.1, 0.15) is 0 Å². The van der Waals surface area contributed by atoms with Crippen LogP contribution >= 0.6 is 0 Å². The topological polar surface area (TPSA) is 49.4 Å². The number of hydrogen-bond donors (Lipinski definition) is 1. The highest BCUT2D eigenvalue weighted by Crippen LogP contribution is 2.29. The van der Waals surface area contributed by atoms with Gasteiger partial charge >= 0.3 is 0 Å². The van der Waals surface area contributed by atoms with Crippen LogP contribution in [0.15, 0.2) is 12.2 Å². The lowest BCUT2D eigenvalue weighted by Crippen LogP contribution is -2.45. The Labute approximate surface area is 120 Å². The van der Waals surface area contributed by atoms with Crippen LogP contribution in [0.25, 0.3) is 0 Å². The zero-order chi connectivity index (χ0) is 13.9. The van der Waals surface area contributed by atoms with Crippen molar-refractivity contribution in [3.05, 3.63) is 12.2 Å². The lowest BCUT2D eigenvalue weighted by molar-refractivity contribution is -0.137. The van der Waals surface area contributed by atoms with Crippen molar-refractivity contribution in [2.24, 2.45) is 17.8 Å². The van der Waals surface area contributed by atoms with E-state index in [1.807, 2.05) is 4.90 Å². The van der Waals surface area contributed by atoms with Gasteiger partial charge in [-0.25, -0.2) is 0 Å². The molecule has 1 heterocycles. The maximum absolute atomic E-state index is 12.4. The first-order chi connectivity index (χ1) is 9.74. The third kappa shape index (κ3) is 3.22. The zero-order valence-corrected chi connectivity index (χ0v) is 12.0. The van der Waals surface area contributed by atoms with Crippen molar-refractivity contribution in [1.82, 2.24) is 10.2 Å². The number of carbonyl (C=O) groups is 2. The van der Waals surface area contributed by atoms with Crippen molar-refractivity contribution in [1.29, 1.82) is 0 Å². The number of amides is 2. The molecule has 20 heavy (non-hydrogen) atoms. The van der Waals surface area contributed by atoms with Crippen LogP contribution in [0, 0.1) is 17.8 Å². The number of nitrogens with one attached hydrogen (secondary N) is 1. The number of piperidine rings is 1. The molecule has 0 aromatic carbocycles. The van der Waals surface area contributed by atoms with Gasteiger partial charge in [0.15, 0.2) is 0 Å². The Kier molecular flexibility index (Phi) is 4.08. The van der Waals surface area contributed by atoms with Crippen molar-refractivity contribution in [2.45, 2.75) is 38.5 Å².